The molecule has 5 heterocycles. The number of ether oxygens (including phenoxy) is 1. The normalized spacial score (nSPS) is 15.4. The van der Waals surface area contributed by atoms with E-state index in [1.807, 2.05) is 4.90 Å². The van der Waals surface area contributed by atoms with Gasteiger partial charge in [-0.25, -0.2) is 0 Å². The molecule has 0 atom stereocenters. The number of piperazine rings is 1. The number of halogens is 4. The van der Waals surface area contributed by atoms with Crippen LogP contribution < -0.4 is 26.0 Å². The number of benzene rings is 1. The first-order valence-corrected chi connectivity index (χ1v) is 16.0. The van der Waals surface area contributed by atoms with Crippen LogP contribution in [-0.4, -0.2) is 99.4 Å². The third-order valence-corrected chi connectivity index (χ3v) is 8.58. The van der Waals surface area contributed by atoms with Crippen molar-refractivity contribution < 1.29 is 36.8 Å². The fourth-order valence-electron chi connectivity index (χ4n) is 5.81. The Morgan fingerprint density at radius 3 is 2.34 bits per heavy atom. The SMILES string of the molecule is CCc1c(N2CCN(C(=O)C(=O)Nc3cc(C)on3)CC2)c(=O)n2nc(N3CCOCC3)nc2n1CC(=O)Nc1ccc(C(F)(F)F)cc1Cl. The Bertz CT molecular complexity index is 2000. The van der Waals surface area contributed by atoms with E-state index >= 15 is 0 Å². The first kappa shape index (κ1) is 34.7. The van der Waals surface area contributed by atoms with Crippen LogP contribution in [0.1, 0.15) is 23.9 Å². The highest BCUT2D eigenvalue weighted by molar-refractivity contribution is 6.39. The van der Waals surface area contributed by atoms with Crippen LogP contribution in [0.4, 0.5) is 36.3 Å². The molecular formula is C30H32ClF3N10O6. The molecule has 3 aromatic heterocycles. The van der Waals surface area contributed by atoms with E-state index in [1.54, 1.807) is 18.7 Å². The number of nitrogens with zero attached hydrogens (tertiary/aromatic N) is 8. The predicted octanol–water partition coefficient (Wildman–Crippen LogP) is 2.18. The summed E-state index contributed by atoms with van der Waals surface area (Å²) in [4.78, 5) is 62.7. The van der Waals surface area contributed by atoms with Gasteiger partial charge in [-0.2, -0.15) is 22.7 Å². The minimum atomic E-state index is -4.62. The maximum atomic E-state index is 14.1. The fraction of sp³-hybridized carbons (Fsp3) is 0.433. The molecule has 0 unspecified atom stereocenters. The number of morpholine rings is 1. The summed E-state index contributed by atoms with van der Waals surface area (Å²) in [6, 6.07) is 4.08. The van der Waals surface area contributed by atoms with Gasteiger partial charge in [-0.1, -0.05) is 23.7 Å². The zero-order valence-corrected chi connectivity index (χ0v) is 27.7. The minimum absolute atomic E-state index is 0.0287. The van der Waals surface area contributed by atoms with Gasteiger partial charge < -0.3 is 33.8 Å². The van der Waals surface area contributed by atoms with Gasteiger partial charge >= 0.3 is 18.0 Å². The molecule has 2 N–H and O–H groups in total. The predicted molar refractivity (Wildman–Crippen MR) is 173 cm³/mol. The third kappa shape index (κ3) is 7.09. The van der Waals surface area contributed by atoms with E-state index < -0.39 is 41.6 Å². The van der Waals surface area contributed by atoms with E-state index in [4.69, 9.17) is 20.9 Å². The zero-order chi connectivity index (χ0) is 35.7. The lowest BCUT2D eigenvalue weighted by atomic mass is 10.2. The number of hydrogen-bond donors (Lipinski definition) is 2. The number of amides is 3. The van der Waals surface area contributed by atoms with Gasteiger partial charge in [-0.05, 0) is 31.5 Å². The van der Waals surface area contributed by atoms with E-state index in [-0.39, 0.29) is 66.5 Å². The van der Waals surface area contributed by atoms with Crippen molar-refractivity contribution >= 4 is 58.2 Å². The Morgan fingerprint density at radius 2 is 1.72 bits per heavy atom. The minimum Gasteiger partial charge on any atom is -0.378 e. The maximum Gasteiger partial charge on any atom is 0.416 e. The second-order valence-electron chi connectivity index (χ2n) is 11.6. The van der Waals surface area contributed by atoms with Crippen LogP contribution in [-0.2, 0) is 38.3 Å². The van der Waals surface area contributed by atoms with Crippen LogP contribution in [0.25, 0.3) is 5.78 Å². The van der Waals surface area contributed by atoms with Crippen molar-refractivity contribution in [2.24, 2.45) is 0 Å². The smallest absolute Gasteiger partial charge is 0.378 e. The van der Waals surface area contributed by atoms with Crippen LogP contribution >= 0.6 is 11.6 Å². The largest absolute Gasteiger partial charge is 0.416 e. The molecule has 0 aliphatic carbocycles. The van der Waals surface area contributed by atoms with E-state index in [0.29, 0.717) is 37.8 Å². The van der Waals surface area contributed by atoms with Gasteiger partial charge in [0.05, 0.1) is 35.2 Å². The van der Waals surface area contributed by atoms with Gasteiger partial charge in [0, 0.05) is 45.3 Å². The average Bonchev–Trinajstić information content (AvgIpc) is 3.73. The monoisotopic (exact) mass is 720 g/mol. The molecule has 1 aromatic carbocycles. The second kappa shape index (κ2) is 14.0. The number of carbonyl (C=O) groups is 3. The van der Waals surface area contributed by atoms with Crippen LogP contribution in [0.2, 0.25) is 5.02 Å². The summed E-state index contributed by atoms with van der Waals surface area (Å²) in [5.74, 6) is -1.40. The standard InChI is InChI=1S/C30H32ClF3N10O6/c1-3-21-24(40-6-8-41(9-7-40)27(48)25(46)36-22-14-17(2)50-39-22)26(47)44-29(37-28(38-44)42-10-12-49-13-11-42)43(21)16-23(45)35-20-5-4-18(15-19(20)31)30(32,33)34/h4-5,14-15H,3,6-13,16H2,1-2H3,(H,35,45)(H,36,39,46). The summed E-state index contributed by atoms with van der Waals surface area (Å²) in [7, 11) is 0. The molecule has 16 nitrogen and oxygen atoms in total. The molecule has 50 heavy (non-hydrogen) atoms. The number of fused-ring (bicyclic) bond motifs is 1. The van der Waals surface area contributed by atoms with Crippen molar-refractivity contribution in [3.63, 3.8) is 0 Å². The number of alkyl halides is 3. The third-order valence-electron chi connectivity index (χ3n) is 8.26. The molecule has 20 heteroatoms. The number of carbonyl (C=O) groups excluding carboxylic acids is 3. The first-order valence-electron chi connectivity index (χ1n) is 15.6. The lowest BCUT2D eigenvalue weighted by Gasteiger charge is -2.36. The van der Waals surface area contributed by atoms with Gasteiger partial charge in [-0.15, -0.1) is 5.10 Å². The summed E-state index contributed by atoms with van der Waals surface area (Å²) < 4.78 is 52.5. The molecule has 6 rings (SSSR count). The molecule has 0 spiro atoms. The highest BCUT2D eigenvalue weighted by Crippen LogP contribution is 2.34. The van der Waals surface area contributed by atoms with E-state index in [0.717, 1.165) is 22.7 Å². The highest BCUT2D eigenvalue weighted by atomic mass is 35.5. The van der Waals surface area contributed by atoms with Crippen LogP contribution in [0.15, 0.2) is 33.6 Å². The molecule has 2 saturated heterocycles. The van der Waals surface area contributed by atoms with Gasteiger partial charge in [0.2, 0.25) is 17.6 Å². The maximum absolute atomic E-state index is 14.1. The zero-order valence-electron chi connectivity index (χ0n) is 26.9. The Morgan fingerprint density at radius 1 is 1.00 bits per heavy atom. The summed E-state index contributed by atoms with van der Waals surface area (Å²) in [5.41, 5.74) is -0.819. The Balaban J connectivity index is 1.29. The number of anilines is 4. The van der Waals surface area contributed by atoms with Gasteiger partial charge in [-0.3, -0.25) is 24.5 Å². The molecule has 2 aliphatic heterocycles. The number of aromatic nitrogens is 5. The van der Waals surface area contributed by atoms with Crippen molar-refractivity contribution in [3.05, 3.63) is 56.7 Å². The van der Waals surface area contributed by atoms with Gasteiger partial charge in [0.1, 0.15) is 18.0 Å². The number of aryl methyl sites for hydroxylation is 1. The summed E-state index contributed by atoms with van der Waals surface area (Å²) in [6.45, 7) is 5.43. The molecule has 2 aliphatic rings. The molecule has 266 valence electrons. The fourth-order valence-corrected chi connectivity index (χ4v) is 6.04. The molecule has 3 amide bonds. The van der Waals surface area contributed by atoms with Crippen LogP contribution in [0.3, 0.4) is 0 Å². The lowest BCUT2D eigenvalue weighted by molar-refractivity contribution is -0.143. The number of hydrogen-bond acceptors (Lipinski definition) is 11. The summed E-state index contributed by atoms with van der Waals surface area (Å²) in [6.07, 6.45) is -4.35. The molecule has 2 fully saturated rings. The van der Waals surface area contributed by atoms with Crippen LogP contribution in [0, 0.1) is 6.92 Å². The molecule has 0 saturated carbocycles. The van der Waals surface area contributed by atoms with Crippen molar-refractivity contribution in [1.29, 1.82) is 0 Å². The summed E-state index contributed by atoms with van der Waals surface area (Å²) in [5, 5.41) is 12.8. The highest BCUT2D eigenvalue weighted by Gasteiger charge is 2.33. The first-order chi connectivity index (χ1) is 23.8. The summed E-state index contributed by atoms with van der Waals surface area (Å²) >= 11 is 6.10. The molecular weight excluding hydrogens is 689 g/mol. The molecule has 0 radical (unpaired) electrons. The van der Waals surface area contributed by atoms with Crippen molar-refractivity contribution in [1.82, 2.24) is 29.2 Å². The second-order valence-corrected chi connectivity index (χ2v) is 12.0. The van der Waals surface area contributed by atoms with Crippen molar-refractivity contribution in [2.45, 2.75) is 33.0 Å². The lowest BCUT2D eigenvalue weighted by Crippen LogP contribution is -2.53. The van der Waals surface area contributed by atoms with E-state index in [2.05, 4.69) is 25.9 Å². The average molecular weight is 721 g/mol. The quantitative estimate of drug-likeness (QED) is 0.268. The van der Waals surface area contributed by atoms with E-state index in [9.17, 15) is 32.3 Å². The Kier molecular flexibility index (Phi) is 9.70. The number of rotatable bonds is 7. The van der Waals surface area contributed by atoms with Crippen LogP contribution in [0.5, 0.6) is 0 Å². The van der Waals surface area contributed by atoms with Crippen molar-refractivity contribution in [2.75, 3.05) is 72.9 Å². The topological polar surface area (TPSA) is 172 Å². The number of nitrogens with one attached hydrogen (secondary N) is 2. The molecule has 4 aromatic rings. The Labute approximate surface area is 286 Å². The van der Waals surface area contributed by atoms with E-state index in [1.165, 1.54) is 15.5 Å². The van der Waals surface area contributed by atoms with Gasteiger partial charge in [0.15, 0.2) is 5.82 Å². The molecule has 0 bridgehead atoms. The van der Waals surface area contributed by atoms with Crippen molar-refractivity contribution in [3.8, 4) is 0 Å². The van der Waals surface area contributed by atoms with Gasteiger partial charge in [0.25, 0.3) is 5.56 Å². The Hall–Kier alpha value is -5.17.